The van der Waals surface area contributed by atoms with E-state index < -0.39 is 0 Å². The summed E-state index contributed by atoms with van der Waals surface area (Å²) in [7, 11) is 0. The van der Waals surface area contributed by atoms with Crippen LogP contribution in [0.2, 0.25) is 0 Å². The second-order valence-corrected chi connectivity index (χ2v) is 5.47. The van der Waals surface area contributed by atoms with E-state index in [1.807, 2.05) is 43.6 Å². The summed E-state index contributed by atoms with van der Waals surface area (Å²) in [6.45, 7) is 1.90. The average Bonchev–Trinajstić information content (AvgIpc) is 2.57. The molecule has 6 heteroatoms. The highest BCUT2D eigenvalue weighted by molar-refractivity contribution is 8.13. The maximum absolute atomic E-state index is 12.2. The molecular weight excluding hydrogens is 308 g/mol. The number of aliphatic imine (C=N–C) groups is 1. The number of thioether (sulfide) groups is 1. The third-order valence-corrected chi connectivity index (χ3v) is 3.66. The number of nitrogens with zero attached hydrogens (tertiary/aromatic N) is 2. The summed E-state index contributed by atoms with van der Waals surface area (Å²) in [5, 5.41) is 14.6. The second kappa shape index (κ2) is 8.01. The number of nitriles is 1. The molecule has 2 rings (SSSR count). The predicted molar refractivity (Wildman–Crippen MR) is 94.9 cm³/mol. The van der Waals surface area contributed by atoms with Gasteiger partial charge in [-0.2, -0.15) is 5.26 Å². The minimum Gasteiger partial charge on any atom is -0.322 e. The third-order valence-electron chi connectivity index (χ3n) is 3.08. The summed E-state index contributed by atoms with van der Waals surface area (Å²) in [6, 6.07) is 14.5. The number of benzene rings is 2. The summed E-state index contributed by atoms with van der Waals surface area (Å²) in [5.74, 6) is -0.152. The van der Waals surface area contributed by atoms with E-state index in [1.54, 1.807) is 24.3 Å². The summed E-state index contributed by atoms with van der Waals surface area (Å²) in [5.41, 5.74) is 2.95. The lowest BCUT2D eigenvalue weighted by molar-refractivity contribution is 0.102. The van der Waals surface area contributed by atoms with Gasteiger partial charge in [0.2, 0.25) is 0 Å². The van der Waals surface area contributed by atoms with Gasteiger partial charge in [-0.1, -0.05) is 30.0 Å². The molecule has 0 spiro atoms. The minimum atomic E-state index is -0.152. The standard InChI is InChI=1S/C17H16N4OS/c1-12-10-14(20-17(23-2)19-11-18)8-9-15(12)21-16(22)13-6-4-3-5-7-13/h3-10H,1-2H3,(H,19,20)(H,21,22). The first kappa shape index (κ1) is 16.6. The molecule has 2 aromatic carbocycles. The highest BCUT2D eigenvalue weighted by atomic mass is 32.2. The zero-order chi connectivity index (χ0) is 16.7. The third kappa shape index (κ3) is 4.59. The van der Waals surface area contributed by atoms with Crippen molar-refractivity contribution in [2.45, 2.75) is 6.92 Å². The molecular formula is C17H16N4OS. The quantitative estimate of drug-likeness (QED) is 0.391. The van der Waals surface area contributed by atoms with Gasteiger partial charge in [0.15, 0.2) is 11.4 Å². The number of hydrogen-bond acceptors (Lipinski definition) is 4. The second-order valence-electron chi connectivity index (χ2n) is 4.68. The topological polar surface area (TPSA) is 77.3 Å². The number of anilines is 1. The summed E-state index contributed by atoms with van der Waals surface area (Å²) in [6.07, 6.45) is 3.69. The maximum atomic E-state index is 12.2. The number of nitrogens with one attached hydrogen (secondary N) is 2. The van der Waals surface area contributed by atoms with Crippen molar-refractivity contribution < 1.29 is 4.79 Å². The molecule has 0 heterocycles. The average molecular weight is 324 g/mol. The van der Waals surface area contributed by atoms with Gasteiger partial charge in [-0.25, -0.2) is 4.99 Å². The van der Waals surface area contributed by atoms with Crippen molar-refractivity contribution in [1.29, 1.82) is 5.26 Å². The van der Waals surface area contributed by atoms with Gasteiger partial charge in [-0.3, -0.25) is 10.1 Å². The number of amidine groups is 1. The fraction of sp³-hybridized carbons (Fsp3) is 0.118. The molecule has 0 radical (unpaired) electrons. The van der Waals surface area contributed by atoms with Crippen LogP contribution in [0.1, 0.15) is 15.9 Å². The molecule has 0 unspecified atom stereocenters. The van der Waals surface area contributed by atoms with E-state index in [0.29, 0.717) is 16.4 Å². The van der Waals surface area contributed by atoms with Crippen LogP contribution in [0.4, 0.5) is 11.4 Å². The van der Waals surface area contributed by atoms with Crippen molar-refractivity contribution in [1.82, 2.24) is 5.32 Å². The molecule has 0 saturated carbocycles. The zero-order valence-electron chi connectivity index (χ0n) is 12.8. The Bertz CT molecular complexity index is 766. The molecule has 23 heavy (non-hydrogen) atoms. The van der Waals surface area contributed by atoms with Crippen LogP contribution in [0, 0.1) is 18.4 Å². The van der Waals surface area contributed by atoms with E-state index in [1.165, 1.54) is 11.8 Å². The molecule has 5 nitrogen and oxygen atoms in total. The van der Waals surface area contributed by atoms with Crippen LogP contribution in [-0.2, 0) is 0 Å². The molecule has 0 atom stereocenters. The largest absolute Gasteiger partial charge is 0.322 e. The van der Waals surface area contributed by atoms with E-state index in [0.717, 1.165) is 11.3 Å². The van der Waals surface area contributed by atoms with Gasteiger partial charge in [0.1, 0.15) is 0 Å². The Balaban J connectivity index is 2.17. The highest BCUT2D eigenvalue weighted by Gasteiger charge is 2.07. The van der Waals surface area contributed by atoms with E-state index in [2.05, 4.69) is 15.6 Å². The van der Waals surface area contributed by atoms with Gasteiger partial charge in [0.25, 0.3) is 5.91 Å². The van der Waals surface area contributed by atoms with Crippen LogP contribution >= 0.6 is 11.8 Å². The molecule has 0 aromatic heterocycles. The Labute approximate surface area is 139 Å². The summed E-state index contributed by atoms with van der Waals surface area (Å²) >= 11 is 1.35. The van der Waals surface area contributed by atoms with E-state index in [4.69, 9.17) is 5.26 Å². The number of rotatable bonds is 3. The Kier molecular flexibility index (Phi) is 5.78. The Morgan fingerprint density at radius 1 is 1.22 bits per heavy atom. The number of hydrogen-bond donors (Lipinski definition) is 2. The maximum Gasteiger partial charge on any atom is 0.255 e. The van der Waals surface area contributed by atoms with E-state index in [9.17, 15) is 4.79 Å². The van der Waals surface area contributed by atoms with Crippen molar-refractivity contribution in [3.63, 3.8) is 0 Å². The van der Waals surface area contributed by atoms with Crippen molar-refractivity contribution >= 4 is 34.2 Å². The molecule has 0 aliphatic heterocycles. The van der Waals surface area contributed by atoms with Gasteiger partial charge in [0.05, 0.1) is 5.69 Å². The molecule has 0 aliphatic carbocycles. The van der Waals surface area contributed by atoms with Crippen molar-refractivity contribution in [2.75, 3.05) is 11.6 Å². The fourth-order valence-electron chi connectivity index (χ4n) is 1.93. The Hall–Kier alpha value is -2.78. The van der Waals surface area contributed by atoms with Gasteiger partial charge in [-0.05, 0) is 49.1 Å². The smallest absolute Gasteiger partial charge is 0.255 e. The normalized spacial score (nSPS) is 10.7. The number of carbonyl (C=O) groups is 1. The monoisotopic (exact) mass is 324 g/mol. The lowest BCUT2D eigenvalue weighted by Crippen LogP contribution is -2.13. The summed E-state index contributed by atoms with van der Waals surface area (Å²) in [4.78, 5) is 16.5. The molecule has 0 fully saturated rings. The Morgan fingerprint density at radius 3 is 2.57 bits per heavy atom. The van der Waals surface area contributed by atoms with Gasteiger partial charge in [-0.15, -0.1) is 0 Å². The number of amides is 1. The van der Waals surface area contributed by atoms with Crippen molar-refractivity contribution in [2.24, 2.45) is 4.99 Å². The number of carbonyl (C=O) groups excluding carboxylic acids is 1. The molecule has 0 saturated heterocycles. The Morgan fingerprint density at radius 2 is 1.96 bits per heavy atom. The fourth-order valence-corrected chi connectivity index (χ4v) is 2.28. The molecule has 2 N–H and O–H groups in total. The highest BCUT2D eigenvalue weighted by Crippen LogP contribution is 2.23. The molecule has 0 aliphatic rings. The van der Waals surface area contributed by atoms with Crippen LogP contribution in [0.15, 0.2) is 53.5 Å². The van der Waals surface area contributed by atoms with Gasteiger partial charge >= 0.3 is 0 Å². The molecule has 1 amide bonds. The van der Waals surface area contributed by atoms with Crippen LogP contribution in [0.3, 0.4) is 0 Å². The van der Waals surface area contributed by atoms with Crippen molar-refractivity contribution in [3.05, 3.63) is 59.7 Å². The SMILES string of the molecule is CSC(=Nc1ccc(NC(=O)c2ccccc2)c(C)c1)NC#N. The molecule has 2 aromatic rings. The zero-order valence-corrected chi connectivity index (χ0v) is 13.6. The molecule has 0 bridgehead atoms. The van der Waals surface area contributed by atoms with Crippen LogP contribution in [-0.4, -0.2) is 17.3 Å². The first-order valence-electron chi connectivity index (χ1n) is 6.89. The minimum absolute atomic E-state index is 0.152. The van der Waals surface area contributed by atoms with E-state index in [-0.39, 0.29) is 5.91 Å². The number of aryl methyl sites for hydroxylation is 1. The predicted octanol–water partition coefficient (Wildman–Crippen LogP) is 3.67. The van der Waals surface area contributed by atoms with Gasteiger partial charge in [0, 0.05) is 11.3 Å². The van der Waals surface area contributed by atoms with E-state index >= 15 is 0 Å². The lowest BCUT2D eigenvalue weighted by atomic mass is 10.1. The van der Waals surface area contributed by atoms with Crippen LogP contribution in [0.5, 0.6) is 0 Å². The molecule has 116 valence electrons. The van der Waals surface area contributed by atoms with Crippen LogP contribution < -0.4 is 10.6 Å². The first-order valence-corrected chi connectivity index (χ1v) is 8.11. The van der Waals surface area contributed by atoms with Crippen LogP contribution in [0.25, 0.3) is 0 Å². The van der Waals surface area contributed by atoms with Crippen molar-refractivity contribution in [3.8, 4) is 6.19 Å². The lowest BCUT2D eigenvalue weighted by Gasteiger charge is -2.09. The summed E-state index contributed by atoms with van der Waals surface area (Å²) < 4.78 is 0. The van der Waals surface area contributed by atoms with Gasteiger partial charge < -0.3 is 5.32 Å². The first-order chi connectivity index (χ1) is 11.1.